The molecule has 0 bridgehead atoms. The number of aryl methyl sites for hydroxylation is 1. The van der Waals surface area contributed by atoms with Crippen molar-refractivity contribution >= 4 is 22.7 Å². The first kappa shape index (κ1) is 17.2. The Balaban J connectivity index is 0.000000136. The minimum absolute atomic E-state index is 0.211. The zero-order chi connectivity index (χ0) is 16.7. The molecule has 0 spiro atoms. The van der Waals surface area contributed by atoms with Crippen LogP contribution in [0.2, 0.25) is 0 Å². The molecule has 0 unspecified atom stereocenters. The van der Waals surface area contributed by atoms with Crippen LogP contribution in [0, 0.1) is 6.92 Å². The van der Waals surface area contributed by atoms with Gasteiger partial charge in [0.15, 0.2) is 0 Å². The molecule has 0 radical (unpaired) electrons. The molecule has 2 aromatic rings. The van der Waals surface area contributed by atoms with Crippen molar-refractivity contribution in [3.8, 4) is 0 Å². The summed E-state index contributed by atoms with van der Waals surface area (Å²) in [7, 11) is 0. The van der Waals surface area contributed by atoms with Crippen molar-refractivity contribution in [2.45, 2.75) is 70.5 Å². The molecule has 4 heteroatoms. The first-order valence-electron chi connectivity index (χ1n) is 8.30. The first-order chi connectivity index (χ1) is 10.9. The number of aliphatic hydroxyl groups is 2. The lowest BCUT2D eigenvalue weighted by atomic mass is 9.99. The van der Waals surface area contributed by atoms with Gasteiger partial charge in [0.05, 0.1) is 13.2 Å². The quantitative estimate of drug-likeness (QED) is 0.824. The molecular formula is C19H26O2S2. The van der Waals surface area contributed by atoms with Gasteiger partial charge in [-0.2, -0.15) is 0 Å². The Hall–Kier alpha value is -0.680. The second-order valence-electron chi connectivity index (χ2n) is 7.39. The van der Waals surface area contributed by atoms with Crippen molar-refractivity contribution in [1.29, 1.82) is 0 Å². The number of thiophene rings is 2. The molecular weight excluding hydrogens is 324 g/mol. The molecule has 0 amide bonds. The van der Waals surface area contributed by atoms with Crippen molar-refractivity contribution < 1.29 is 10.2 Å². The lowest BCUT2D eigenvalue weighted by molar-refractivity contribution is 0.283. The third kappa shape index (κ3) is 3.55. The van der Waals surface area contributed by atoms with E-state index >= 15 is 0 Å². The van der Waals surface area contributed by atoms with Gasteiger partial charge in [0.2, 0.25) is 0 Å². The topological polar surface area (TPSA) is 40.5 Å². The van der Waals surface area contributed by atoms with Crippen LogP contribution in [0.25, 0.3) is 0 Å². The Labute approximate surface area is 146 Å². The summed E-state index contributed by atoms with van der Waals surface area (Å²) in [5.74, 6) is 0. The third-order valence-electron chi connectivity index (χ3n) is 5.27. The van der Waals surface area contributed by atoms with E-state index < -0.39 is 0 Å². The minimum Gasteiger partial charge on any atom is -0.391 e. The van der Waals surface area contributed by atoms with E-state index in [1.165, 1.54) is 46.6 Å². The van der Waals surface area contributed by atoms with Gasteiger partial charge in [0.25, 0.3) is 0 Å². The van der Waals surface area contributed by atoms with Crippen molar-refractivity contribution in [1.82, 2.24) is 0 Å². The second kappa shape index (κ2) is 6.32. The average Bonchev–Trinajstić information content (AvgIpc) is 3.34. The van der Waals surface area contributed by atoms with Crippen LogP contribution in [0.3, 0.4) is 0 Å². The van der Waals surface area contributed by atoms with Crippen LogP contribution in [0.5, 0.6) is 0 Å². The highest BCUT2D eigenvalue weighted by molar-refractivity contribution is 7.12. The SMILES string of the molecule is CC1(c2ccsc2CO)CC1.Cc1cc(C2(C)CC2)c(CO)s1. The highest BCUT2D eigenvalue weighted by Gasteiger charge is 2.41. The van der Waals surface area contributed by atoms with E-state index in [-0.39, 0.29) is 13.2 Å². The summed E-state index contributed by atoms with van der Waals surface area (Å²) < 4.78 is 0. The van der Waals surface area contributed by atoms with Crippen molar-refractivity contribution in [3.05, 3.63) is 43.3 Å². The van der Waals surface area contributed by atoms with E-state index in [0.717, 1.165) is 4.88 Å². The zero-order valence-corrected chi connectivity index (χ0v) is 15.8. The smallest absolute Gasteiger partial charge is 0.0777 e. The Morgan fingerprint density at radius 3 is 2.04 bits per heavy atom. The fraction of sp³-hybridized carbons (Fsp3) is 0.579. The van der Waals surface area contributed by atoms with Gasteiger partial charge in [0, 0.05) is 14.6 Å². The van der Waals surface area contributed by atoms with Gasteiger partial charge in [-0.3, -0.25) is 0 Å². The number of hydrogen-bond acceptors (Lipinski definition) is 4. The van der Waals surface area contributed by atoms with E-state index in [1.54, 1.807) is 22.7 Å². The Bertz CT molecular complexity index is 675. The zero-order valence-electron chi connectivity index (χ0n) is 14.2. The van der Waals surface area contributed by atoms with Crippen molar-refractivity contribution in [2.75, 3.05) is 0 Å². The van der Waals surface area contributed by atoms with Crippen LogP contribution >= 0.6 is 22.7 Å². The normalized spacial score (nSPS) is 19.9. The van der Waals surface area contributed by atoms with Gasteiger partial charge in [-0.05, 0) is 72.1 Å². The first-order valence-corrected chi connectivity index (χ1v) is 10.00. The third-order valence-corrected chi connectivity index (χ3v) is 7.21. The van der Waals surface area contributed by atoms with E-state index in [0.29, 0.717) is 10.8 Å². The summed E-state index contributed by atoms with van der Waals surface area (Å²) >= 11 is 3.40. The van der Waals surface area contributed by atoms with E-state index in [9.17, 15) is 0 Å². The lowest BCUT2D eigenvalue weighted by Gasteiger charge is -2.07. The summed E-state index contributed by atoms with van der Waals surface area (Å²) in [6, 6.07) is 4.40. The molecule has 0 aromatic carbocycles. The molecule has 0 saturated heterocycles. The average molecular weight is 351 g/mol. The van der Waals surface area contributed by atoms with E-state index in [2.05, 4.69) is 38.3 Å². The maximum Gasteiger partial charge on any atom is 0.0777 e. The Morgan fingerprint density at radius 1 is 0.957 bits per heavy atom. The maximum atomic E-state index is 9.13. The van der Waals surface area contributed by atoms with E-state index in [4.69, 9.17) is 10.2 Å². The van der Waals surface area contributed by atoms with E-state index in [1.807, 2.05) is 0 Å². The van der Waals surface area contributed by atoms with Gasteiger partial charge in [-0.15, -0.1) is 22.7 Å². The fourth-order valence-electron chi connectivity index (χ4n) is 3.11. The van der Waals surface area contributed by atoms with Crippen LogP contribution in [0.1, 0.15) is 65.3 Å². The molecule has 126 valence electrons. The predicted octanol–water partition coefficient (Wildman–Crippen LogP) is 4.89. The Kier molecular flexibility index (Phi) is 4.71. The number of hydrogen-bond donors (Lipinski definition) is 2. The largest absolute Gasteiger partial charge is 0.391 e. The predicted molar refractivity (Wildman–Crippen MR) is 98.4 cm³/mol. The molecule has 2 N–H and O–H groups in total. The Morgan fingerprint density at radius 2 is 1.52 bits per heavy atom. The summed E-state index contributed by atoms with van der Waals surface area (Å²) in [6.07, 6.45) is 5.15. The van der Waals surface area contributed by atoms with Crippen LogP contribution < -0.4 is 0 Å². The molecule has 4 rings (SSSR count). The summed E-state index contributed by atoms with van der Waals surface area (Å²) in [5.41, 5.74) is 3.60. The van der Waals surface area contributed by atoms with Crippen LogP contribution in [-0.4, -0.2) is 10.2 Å². The number of rotatable bonds is 4. The number of aliphatic hydroxyl groups excluding tert-OH is 2. The highest BCUT2D eigenvalue weighted by Crippen LogP contribution is 2.51. The summed E-state index contributed by atoms with van der Waals surface area (Å²) in [4.78, 5) is 3.65. The van der Waals surface area contributed by atoms with Crippen LogP contribution in [0.4, 0.5) is 0 Å². The molecule has 2 nitrogen and oxygen atoms in total. The van der Waals surface area contributed by atoms with Gasteiger partial charge >= 0.3 is 0 Å². The van der Waals surface area contributed by atoms with Gasteiger partial charge in [-0.1, -0.05) is 13.8 Å². The molecule has 23 heavy (non-hydrogen) atoms. The molecule has 2 fully saturated rings. The van der Waals surface area contributed by atoms with Gasteiger partial charge < -0.3 is 10.2 Å². The molecule has 0 atom stereocenters. The maximum absolute atomic E-state index is 9.13. The second-order valence-corrected chi connectivity index (χ2v) is 9.73. The molecule has 0 aliphatic heterocycles. The lowest BCUT2D eigenvalue weighted by Crippen LogP contribution is -2.00. The summed E-state index contributed by atoms with van der Waals surface area (Å²) in [6.45, 7) is 7.09. The van der Waals surface area contributed by atoms with Crippen molar-refractivity contribution in [3.63, 3.8) is 0 Å². The fourth-order valence-corrected chi connectivity index (χ4v) is 5.03. The monoisotopic (exact) mass is 350 g/mol. The minimum atomic E-state index is 0.211. The highest BCUT2D eigenvalue weighted by atomic mass is 32.1. The van der Waals surface area contributed by atoms with Crippen molar-refractivity contribution in [2.24, 2.45) is 0 Å². The molecule has 2 saturated carbocycles. The standard InChI is InChI=1S/C10H14OS.C9H12OS/c1-7-5-8(9(6-11)12-7)10(2)3-4-10;1-9(3-4-9)7-2-5-11-8(7)6-10/h5,11H,3-4,6H2,1-2H3;2,5,10H,3-4,6H2,1H3. The van der Waals surface area contributed by atoms with Crippen LogP contribution in [-0.2, 0) is 24.0 Å². The van der Waals surface area contributed by atoms with Gasteiger partial charge in [0.1, 0.15) is 0 Å². The molecule has 2 aromatic heterocycles. The molecule has 2 heterocycles. The summed E-state index contributed by atoms with van der Waals surface area (Å²) in [5, 5.41) is 20.2. The molecule has 2 aliphatic rings. The van der Waals surface area contributed by atoms with Gasteiger partial charge in [-0.25, -0.2) is 0 Å². The molecule has 2 aliphatic carbocycles. The van der Waals surface area contributed by atoms with Crippen LogP contribution in [0.15, 0.2) is 17.5 Å².